The Hall–Kier alpha value is -2.66. The van der Waals surface area contributed by atoms with Gasteiger partial charge in [-0.25, -0.2) is 0 Å². The average molecular weight is 539 g/mol. The van der Waals surface area contributed by atoms with Crippen LogP contribution in [0.2, 0.25) is 0 Å². The predicted octanol–water partition coefficient (Wildman–Crippen LogP) is 8.97. The minimum Gasteiger partial charge on any atom is -0.481 e. The highest BCUT2D eigenvalue weighted by molar-refractivity contribution is 7.72. The molecule has 4 heteroatoms. The Morgan fingerprint density at radius 2 is 0.842 bits per heavy atom. The van der Waals surface area contributed by atoms with Crippen molar-refractivity contribution in [3.8, 4) is 33.8 Å². The van der Waals surface area contributed by atoms with Gasteiger partial charge in [0, 0.05) is 10.6 Å². The van der Waals surface area contributed by atoms with Crippen molar-refractivity contribution in [3.63, 3.8) is 0 Å². The molecule has 4 aromatic carbocycles. The summed E-state index contributed by atoms with van der Waals surface area (Å²) in [5.74, 6) is 2.05. The predicted molar refractivity (Wildman–Crippen MR) is 165 cm³/mol. The maximum atomic E-state index is 7.01. The Kier molecular flexibility index (Phi) is 6.41. The first-order valence-electron chi connectivity index (χ1n) is 13.4. The van der Waals surface area contributed by atoms with Crippen molar-refractivity contribution >= 4 is 26.5 Å². The van der Waals surface area contributed by atoms with E-state index in [2.05, 4.69) is 139 Å². The number of benzene rings is 4. The van der Waals surface area contributed by atoms with Gasteiger partial charge in [-0.05, 0) is 60.5 Å². The lowest BCUT2D eigenvalue weighted by Gasteiger charge is -2.40. The molecular weight excluding hydrogens is 502 g/mol. The Balaban J connectivity index is 1.50. The van der Waals surface area contributed by atoms with Gasteiger partial charge in [-0.1, -0.05) is 126 Å². The molecule has 2 aliphatic rings. The summed E-state index contributed by atoms with van der Waals surface area (Å²) < 4.78 is 14.0. The summed E-state index contributed by atoms with van der Waals surface area (Å²) in [6.07, 6.45) is 0. The van der Waals surface area contributed by atoms with E-state index in [4.69, 9.17) is 9.47 Å². The average Bonchev–Trinajstić information content (AvgIpc) is 3.48. The molecule has 0 radical (unpaired) electrons. The first-order chi connectivity index (χ1) is 18.1. The summed E-state index contributed by atoms with van der Waals surface area (Å²) >= 11 is 0. The lowest BCUT2D eigenvalue weighted by Crippen LogP contribution is -2.38. The van der Waals surface area contributed by atoms with Crippen molar-refractivity contribution in [3.05, 3.63) is 97.1 Å². The summed E-state index contributed by atoms with van der Waals surface area (Å²) in [6.45, 7) is 14.3. The quantitative estimate of drug-likeness (QED) is 0.242. The van der Waals surface area contributed by atoms with Gasteiger partial charge < -0.3 is 9.47 Å². The maximum absolute atomic E-state index is 7.01. The van der Waals surface area contributed by atoms with Crippen LogP contribution in [0.5, 0.6) is 11.5 Å². The molecule has 0 bridgehead atoms. The topological polar surface area (TPSA) is 18.5 Å². The lowest BCUT2D eigenvalue weighted by molar-refractivity contribution is 0.171. The Morgan fingerprint density at radius 3 is 1.18 bits per heavy atom. The third-order valence-corrected chi connectivity index (χ3v) is 14.1. The molecule has 0 aromatic heterocycles. The third kappa shape index (κ3) is 4.37. The summed E-state index contributed by atoms with van der Waals surface area (Å²) in [7, 11) is -1.38. The largest absolute Gasteiger partial charge is 0.481 e. The van der Waals surface area contributed by atoms with Crippen molar-refractivity contribution in [1.82, 2.24) is 0 Å². The summed E-state index contributed by atoms with van der Waals surface area (Å²) in [5.41, 5.74) is 5.11. The smallest absolute Gasteiger partial charge is 0.162 e. The molecule has 2 nitrogen and oxygen atoms in total. The van der Waals surface area contributed by atoms with E-state index in [1.165, 1.54) is 32.9 Å². The number of hydrogen-bond donors (Lipinski definition) is 0. The fraction of sp³-hybridized carbons (Fsp3) is 0.294. The van der Waals surface area contributed by atoms with Gasteiger partial charge in [0.2, 0.25) is 0 Å². The van der Waals surface area contributed by atoms with Gasteiger partial charge in [0.25, 0.3) is 0 Å². The van der Waals surface area contributed by atoms with Crippen molar-refractivity contribution in [2.45, 2.75) is 63.5 Å². The number of rotatable bonds is 3. The molecule has 2 heterocycles. The van der Waals surface area contributed by atoms with Crippen LogP contribution >= 0.6 is 15.8 Å². The molecule has 4 aromatic rings. The van der Waals surface area contributed by atoms with E-state index in [-0.39, 0.29) is 22.0 Å². The first-order valence-corrected chi connectivity index (χ1v) is 16.3. The summed E-state index contributed by atoms with van der Waals surface area (Å²) in [4.78, 5) is 0. The second kappa shape index (κ2) is 9.51. The maximum Gasteiger partial charge on any atom is 0.162 e. The Bertz CT molecular complexity index is 1340. The molecular formula is C34H36O2P2. The van der Waals surface area contributed by atoms with Crippen LogP contribution in [-0.4, -0.2) is 22.0 Å². The molecule has 0 saturated heterocycles. The Labute approximate surface area is 229 Å². The molecule has 0 spiro atoms. The van der Waals surface area contributed by atoms with Gasteiger partial charge in [0.15, 0.2) is 11.7 Å². The zero-order valence-corrected chi connectivity index (χ0v) is 24.9. The minimum absolute atomic E-state index is 0.00813. The Morgan fingerprint density at radius 1 is 0.474 bits per heavy atom. The fourth-order valence-corrected chi connectivity index (χ4v) is 12.8. The number of fused-ring (bicyclic) bond motifs is 2. The highest BCUT2D eigenvalue weighted by Gasteiger charge is 2.55. The molecule has 0 fully saturated rings. The van der Waals surface area contributed by atoms with Crippen LogP contribution in [0, 0.1) is 0 Å². The van der Waals surface area contributed by atoms with Crippen LogP contribution in [0.15, 0.2) is 97.1 Å². The van der Waals surface area contributed by atoms with E-state index >= 15 is 0 Å². The van der Waals surface area contributed by atoms with Gasteiger partial charge in [-0.15, -0.1) is 0 Å². The molecule has 0 amide bonds. The van der Waals surface area contributed by atoms with Crippen LogP contribution < -0.4 is 20.1 Å². The molecule has 4 atom stereocenters. The van der Waals surface area contributed by atoms with E-state index in [0.29, 0.717) is 0 Å². The van der Waals surface area contributed by atoms with Crippen LogP contribution in [0.1, 0.15) is 41.5 Å². The lowest BCUT2D eigenvalue weighted by atomic mass is 10.1. The van der Waals surface area contributed by atoms with Crippen LogP contribution in [0.3, 0.4) is 0 Å². The summed E-state index contributed by atoms with van der Waals surface area (Å²) in [6, 6.07) is 34.7. The van der Waals surface area contributed by atoms with Gasteiger partial charge in [-0.3, -0.25) is 0 Å². The van der Waals surface area contributed by atoms with Gasteiger partial charge in [0.1, 0.15) is 11.5 Å². The van der Waals surface area contributed by atoms with Crippen molar-refractivity contribution in [2.75, 3.05) is 0 Å². The van der Waals surface area contributed by atoms with E-state index in [1.54, 1.807) is 0 Å². The SMILES string of the molecule is CC(C)(C)P1c2c(cccc2-c2ccccc2)O[C@@H]1[C@H]1Oc2cccc(-c3ccccc3)c2P1C(C)(C)C. The molecule has 194 valence electrons. The van der Waals surface area contributed by atoms with E-state index in [9.17, 15) is 0 Å². The molecule has 6 rings (SSSR count). The van der Waals surface area contributed by atoms with Gasteiger partial charge in [0.05, 0.1) is 0 Å². The molecule has 38 heavy (non-hydrogen) atoms. The zero-order chi connectivity index (χ0) is 26.7. The number of hydrogen-bond acceptors (Lipinski definition) is 2. The molecule has 0 N–H and O–H groups in total. The highest BCUT2D eigenvalue weighted by Crippen LogP contribution is 2.69. The molecule has 0 saturated carbocycles. The molecule has 2 aliphatic heterocycles. The minimum atomic E-state index is -0.692. The second-order valence-electron chi connectivity index (χ2n) is 12.1. The fourth-order valence-electron chi connectivity index (χ4n) is 5.86. The summed E-state index contributed by atoms with van der Waals surface area (Å²) in [5, 5.41) is 2.88. The van der Waals surface area contributed by atoms with Crippen LogP contribution in [0.4, 0.5) is 0 Å². The molecule has 0 aliphatic carbocycles. The number of ether oxygens (including phenoxy) is 2. The normalized spacial score (nSPS) is 22.4. The van der Waals surface area contributed by atoms with E-state index in [0.717, 1.165) is 11.5 Å². The van der Waals surface area contributed by atoms with Gasteiger partial charge >= 0.3 is 0 Å². The third-order valence-electron chi connectivity index (χ3n) is 7.34. The highest BCUT2D eigenvalue weighted by atomic mass is 31.1. The van der Waals surface area contributed by atoms with Crippen molar-refractivity contribution in [2.24, 2.45) is 0 Å². The van der Waals surface area contributed by atoms with Crippen molar-refractivity contribution in [1.29, 1.82) is 0 Å². The van der Waals surface area contributed by atoms with Crippen LogP contribution in [0.25, 0.3) is 22.3 Å². The molecule has 2 unspecified atom stereocenters. The first kappa shape index (κ1) is 25.6. The van der Waals surface area contributed by atoms with E-state index in [1.807, 2.05) is 0 Å². The van der Waals surface area contributed by atoms with E-state index < -0.39 is 15.8 Å². The second-order valence-corrected chi connectivity index (χ2v) is 18.2. The zero-order valence-electron chi connectivity index (χ0n) is 23.1. The van der Waals surface area contributed by atoms with Gasteiger partial charge in [-0.2, -0.15) is 0 Å². The standard InChI is InChI=1S/C34H36O2P2/c1-33(2,3)37-29-25(23-15-9-7-10-16-23)19-13-21-27(29)35-31(37)32-36-28-22-14-20-26(24-17-11-8-12-18-24)30(28)38(32)34(4,5)6/h7-22,31-32H,1-6H3/t31-,32-,37?,38?/m0/s1. The van der Waals surface area contributed by atoms with Crippen LogP contribution in [-0.2, 0) is 0 Å². The monoisotopic (exact) mass is 538 g/mol. The van der Waals surface area contributed by atoms with Crippen molar-refractivity contribution < 1.29 is 9.47 Å².